The van der Waals surface area contributed by atoms with Gasteiger partial charge in [0.05, 0.1) is 25.4 Å². The Morgan fingerprint density at radius 3 is 2.58 bits per heavy atom. The average molecular weight is 178 g/mol. The third kappa shape index (κ3) is 2.69. The molecule has 1 saturated heterocycles. The second-order valence-electron chi connectivity index (χ2n) is 2.83. The van der Waals surface area contributed by atoms with Crippen LogP contribution in [0.3, 0.4) is 0 Å². The molecular formula is C7H14O5. The molecule has 5 heteroatoms. The lowest BCUT2D eigenvalue weighted by molar-refractivity contribution is -0.0405. The van der Waals surface area contributed by atoms with Crippen LogP contribution < -0.4 is 0 Å². The van der Waals surface area contributed by atoms with E-state index in [1.54, 1.807) is 0 Å². The molecule has 1 rings (SSSR count). The van der Waals surface area contributed by atoms with Crippen LogP contribution in [-0.4, -0.2) is 53.6 Å². The van der Waals surface area contributed by atoms with Gasteiger partial charge in [-0.05, 0) is 0 Å². The van der Waals surface area contributed by atoms with Crippen molar-refractivity contribution in [2.75, 3.05) is 20.0 Å². The molecule has 1 aliphatic rings. The normalized spacial score (nSPS) is 28.8. The molecule has 1 heterocycles. The van der Waals surface area contributed by atoms with Crippen molar-refractivity contribution >= 4 is 0 Å². The minimum atomic E-state index is -1.09. The summed E-state index contributed by atoms with van der Waals surface area (Å²) in [5.74, 6) is 0. The Hall–Kier alpha value is -0.200. The zero-order valence-electron chi connectivity index (χ0n) is 6.72. The summed E-state index contributed by atoms with van der Waals surface area (Å²) in [5, 5.41) is 26.7. The van der Waals surface area contributed by atoms with Crippen molar-refractivity contribution in [3.63, 3.8) is 0 Å². The SMILES string of the molecule is OCC(O)C(O)CC1COCO1. The average Bonchev–Trinajstić information content (AvgIpc) is 2.55. The Bertz CT molecular complexity index is 123. The second kappa shape index (κ2) is 4.74. The van der Waals surface area contributed by atoms with E-state index in [0.29, 0.717) is 13.0 Å². The first-order valence-electron chi connectivity index (χ1n) is 3.90. The molecule has 0 amide bonds. The fraction of sp³-hybridized carbons (Fsp3) is 1.00. The smallest absolute Gasteiger partial charge is 0.147 e. The van der Waals surface area contributed by atoms with Crippen molar-refractivity contribution in [3.05, 3.63) is 0 Å². The maximum atomic E-state index is 9.23. The van der Waals surface area contributed by atoms with Crippen LogP contribution in [0.2, 0.25) is 0 Å². The quantitative estimate of drug-likeness (QED) is 0.486. The molecule has 3 atom stereocenters. The second-order valence-corrected chi connectivity index (χ2v) is 2.83. The van der Waals surface area contributed by atoms with Crippen LogP contribution in [0.4, 0.5) is 0 Å². The summed E-state index contributed by atoms with van der Waals surface area (Å²) >= 11 is 0. The molecule has 0 aliphatic carbocycles. The highest BCUT2D eigenvalue weighted by atomic mass is 16.7. The van der Waals surface area contributed by atoms with Crippen LogP contribution in [0, 0.1) is 0 Å². The summed E-state index contributed by atoms with van der Waals surface area (Å²) in [6.45, 7) is 0.247. The molecule has 12 heavy (non-hydrogen) atoms. The molecule has 1 aliphatic heterocycles. The van der Waals surface area contributed by atoms with Gasteiger partial charge in [-0.15, -0.1) is 0 Å². The van der Waals surface area contributed by atoms with Crippen molar-refractivity contribution in [2.24, 2.45) is 0 Å². The van der Waals surface area contributed by atoms with Crippen LogP contribution in [-0.2, 0) is 9.47 Å². The third-order valence-corrected chi connectivity index (χ3v) is 1.83. The van der Waals surface area contributed by atoms with Crippen LogP contribution in [0.5, 0.6) is 0 Å². The lowest BCUT2D eigenvalue weighted by Crippen LogP contribution is -2.33. The van der Waals surface area contributed by atoms with Crippen LogP contribution in [0.25, 0.3) is 0 Å². The van der Waals surface area contributed by atoms with E-state index >= 15 is 0 Å². The van der Waals surface area contributed by atoms with Gasteiger partial charge >= 0.3 is 0 Å². The van der Waals surface area contributed by atoms with E-state index in [0.717, 1.165) is 0 Å². The highest BCUT2D eigenvalue weighted by Crippen LogP contribution is 2.11. The monoisotopic (exact) mass is 178 g/mol. The van der Waals surface area contributed by atoms with Gasteiger partial charge in [-0.25, -0.2) is 0 Å². The van der Waals surface area contributed by atoms with Gasteiger partial charge in [0.2, 0.25) is 0 Å². The van der Waals surface area contributed by atoms with Gasteiger partial charge in [0.1, 0.15) is 12.9 Å². The molecule has 72 valence electrons. The number of rotatable bonds is 4. The van der Waals surface area contributed by atoms with Crippen molar-refractivity contribution < 1.29 is 24.8 Å². The first kappa shape index (κ1) is 9.88. The Labute approximate surface area is 70.5 Å². The third-order valence-electron chi connectivity index (χ3n) is 1.83. The van der Waals surface area contributed by atoms with E-state index in [-0.39, 0.29) is 12.9 Å². The minimum absolute atomic E-state index is 0.166. The van der Waals surface area contributed by atoms with Gasteiger partial charge < -0.3 is 24.8 Å². The Morgan fingerprint density at radius 1 is 1.33 bits per heavy atom. The number of hydrogen-bond acceptors (Lipinski definition) is 5. The van der Waals surface area contributed by atoms with Gasteiger partial charge in [-0.2, -0.15) is 0 Å². The van der Waals surface area contributed by atoms with Gasteiger partial charge in [-0.3, -0.25) is 0 Å². The minimum Gasteiger partial charge on any atom is -0.394 e. The van der Waals surface area contributed by atoms with E-state index in [2.05, 4.69) is 0 Å². The number of ether oxygens (including phenoxy) is 2. The van der Waals surface area contributed by atoms with Crippen molar-refractivity contribution in [2.45, 2.75) is 24.7 Å². The first-order chi connectivity index (χ1) is 5.74. The number of aliphatic hydroxyl groups excluding tert-OH is 3. The van der Waals surface area contributed by atoms with E-state index in [9.17, 15) is 5.11 Å². The molecule has 0 bridgehead atoms. The van der Waals surface area contributed by atoms with Crippen LogP contribution in [0.1, 0.15) is 6.42 Å². The zero-order valence-corrected chi connectivity index (χ0v) is 6.72. The van der Waals surface area contributed by atoms with Crippen molar-refractivity contribution in [1.29, 1.82) is 0 Å². The topological polar surface area (TPSA) is 79.2 Å². The lowest BCUT2D eigenvalue weighted by atomic mass is 10.1. The summed E-state index contributed by atoms with van der Waals surface area (Å²) in [6.07, 6.45) is -1.90. The molecule has 3 unspecified atom stereocenters. The molecule has 0 spiro atoms. The first-order valence-corrected chi connectivity index (χ1v) is 3.90. The Balaban J connectivity index is 2.19. The van der Waals surface area contributed by atoms with Gasteiger partial charge in [0.15, 0.2) is 0 Å². The van der Waals surface area contributed by atoms with Gasteiger partial charge in [-0.1, -0.05) is 0 Å². The fourth-order valence-corrected chi connectivity index (χ4v) is 1.06. The van der Waals surface area contributed by atoms with E-state index < -0.39 is 18.8 Å². The lowest BCUT2D eigenvalue weighted by Gasteiger charge is -2.17. The summed E-state index contributed by atoms with van der Waals surface area (Å²) in [6, 6.07) is 0. The van der Waals surface area contributed by atoms with Crippen LogP contribution >= 0.6 is 0 Å². The van der Waals surface area contributed by atoms with Crippen molar-refractivity contribution in [1.82, 2.24) is 0 Å². The molecule has 1 fully saturated rings. The van der Waals surface area contributed by atoms with E-state index in [1.807, 2.05) is 0 Å². The maximum Gasteiger partial charge on any atom is 0.147 e. The standard InChI is InChI=1S/C7H14O5/c8-2-7(10)6(9)1-5-3-11-4-12-5/h5-10H,1-4H2. The molecule has 5 nitrogen and oxygen atoms in total. The largest absolute Gasteiger partial charge is 0.394 e. The Kier molecular flexibility index (Phi) is 3.90. The molecule has 0 saturated carbocycles. The predicted molar refractivity (Wildman–Crippen MR) is 39.4 cm³/mol. The molecule has 3 N–H and O–H groups in total. The molecule has 0 aromatic rings. The molecule has 0 aromatic heterocycles. The highest BCUT2D eigenvalue weighted by Gasteiger charge is 2.24. The van der Waals surface area contributed by atoms with Crippen LogP contribution in [0.15, 0.2) is 0 Å². The summed E-state index contributed by atoms with van der Waals surface area (Å²) < 4.78 is 9.94. The molecule has 0 aromatic carbocycles. The highest BCUT2D eigenvalue weighted by molar-refractivity contribution is 4.72. The van der Waals surface area contributed by atoms with E-state index in [1.165, 1.54) is 0 Å². The zero-order chi connectivity index (χ0) is 8.97. The summed E-state index contributed by atoms with van der Waals surface area (Å²) in [5.41, 5.74) is 0. The van der Waals surface area contributed by atoms with E-state index in [4.69, 9.17) is 19.7 Å². The molecular weight excluding hydrogens is 164 g/mol. The van der Waals surface area contributed by atoms with Crippen molar-refractivity contribution in [3.8, 4) is 0 Å². The fourth-order valence-electron chi connectivity index (χ4n) is 1.06. The summed E-state index contributed by atoms with van der Waals surface area (Å²) in [7, 11) is 0. The predicted octanol–water partition coefficient (Wildman–Crippen LogP) is -1.54. The summed E-state index contributed by atoms with van der Waals surface area (Å²) in [4.78, 5) is 0. The number of hydrogen-bond donors (Lipinski definition) is 3. The van der Waals surface area contributed by atoms with Gasteiger partial charge in [0.25, 0.3) is 0 Å². The van der Waals surface area contributed by atoms with Gasteiger partial charge in [0, 0.05) is 6.42 Å². The number of aliphatic hydroxyl groups is 3. The maximum absolute atomic E-state index is 9.23. The molecule has 0 radical (unpaired) electrons. The Morgan fingerprint density at radius 2 is 2.08 bits per heavy atom.